The fourth-order valence-electron chi connectivity index (χ4n) is 1.47. The number of aromatic nitrogens is 2. The molecule has 0 aromatic carbocycles. The summed E-state index contributed by atoms with van der Waals surface area (Å²) in [7, 11) is 1.69. The molecule has 102 valence electrons. The van der Waals surface area contributed by atoms with Gasteiger partial charge in [-0.05, 0) is 26.2 Å². The van der Waals surface area contributed by atoms with Crippen LogP contribution in [0, 0.1) is 0 Å². The first-order chi connectivity index (χ1) is 8.40. The highest BCUT2D eigenvalue weighted by Crippen LogP contribution is 2.24. The Morgan fingerprint density at radius 2 is 2.00 bits per heavy atom. The minimum atomic E-state index is -0.465. The number of ether oxygens (including phenoxy) is 1. The van der Waals surface area contributed by atoms with Crippen LogP contribution in [-0.4, -0.2) is 23.6 Å². The van der Waals surface area contributed by atoms with Crippen molar-refractivity contribution in [1.82, 2.24) is 9.97 Å². The van der Waals surface area contributed by atoms with Gasteiger partial charge in [-0.25, -0.2) is 9.97 Å². The molecule has 0 atom stereocenters. The summed E-state index contributed by atoms with van der Waals surface area (Å²) in [5.41, 5.74) is 0.580. The van der Waals surface area contributed by atoms with Crippen molar-refractivity contribution in [2.45, 2.75) is 52.6 Å². The molecule has 0 unspecified atom stereocenters. The summed E-state index contributed by atoms with van der Waals surface area (Å²) in [4.78, 5) is 9.16. The van der Waals surface area contributed by atoms with Gasteiger partial charge < -0.3 is 10.1 Å². The second-order valence-electron chi connectivity index (χ2n) is 5.30. The molecule has 1 N–H and O–H groups in total. The minimum absolute atomic E-state index is 0.376. The summed E-state index contributed by atoms with van der Waals surface area (Å²) >= 11 is 0. The Labute approximate surface area is 110 Å². The van der Waals surface area contributed by atoms with Gasteiger partial charge in [0.1, 0.15) is 11.4 Å². The maximum absolute atomic E-state index is 5.47. The van der Waals surface area contributed by atoms with E-state index in [1.165, 1.54) is 0 Å². The molecule has 18 heavy (non-hydrogen) atoms. The van der Waals surface area contributed by atoms with Crippen LogP contribution in [0.1, 0.15) is 58.5 Å². The highest BCUT2D eigenvalue weighted by atomic mass is 16.5. The Kier molecular flexibility index (Phi) is 5.08. The van der Waals surface area contributed by atoms with Crippen LogP contribution < -0.4 is 5.32 Å². The first-order valence-electron chi connectivity index (χ1n) is 6.59. The van der Waals surface area contributed by atoms with Gasteiger partial charge >= 0.3 is 0 Å². The fraction of sp³-hybridized carbons (Fsp3) is 0.714. The summed E-state index contributed by atoms with van der Waals surface area (Å²) in [6.07, 6.45) is 1.07. The summed E-state index contributed by atoms with van der Waals surface area (Å²) in [6, 6.07) is 2.02. The highest BCUT2D eigenvalue weighted by molar-refractivity contribution is 5.37. The maximum Gasteiger partial charge on any atom is 0.162 e. The van der Waals surface area contributed by atoms with Crippen LogP contribution in [0.3, 0.4) is 0 Å². The molecule has 1 aromatic heterocycles. The van der Waals surface area contributed by atoms with E-state index in [9.17, 15) is 0 Å². The van der Waals surface area contributed by atoms with Gasteiger partial charge in [-0.3, -0.25) is 0 Å². The molecule has 0 bridgehead atoms. The Hall–Kier alpha value is -1.16. The Bertz CT molecular complexity index is 389. The van der Waals surface area contributed by atoms with E-state index in [2.05, 4.69) is 36.1 Å². The van der Waals surface area contributed by atoms with Crippen LogP contribution in [-0.2, 0) is 10.3 Å². The normalized spacial score (nSPS) is 11.9. The monoisotopic (exact) mass is 251 g/mol. The van der Waals surface area contributed by atoms with Crippen LogP contribution in [0.15, 0.2) is 6.07 Å². The minimum Gasteiger partial charge on any atom is -0.371 e. The molecule has 4 heteroatoms. The Balaban J connectivity index is 3.13. The van der Waals surface area contributed by atoms with Crippen molar-refractivity contribution in [3.63, 3.8) is 0 Å². The second-order valence-corrected chi connectivity index (χ2v) is 5.30. The zero-order valence-electron chi connectivity index (χ0n) is 12.4. The first-order valence-corrected chi connectivity index (χ1v) is 6.59. The predicted molar refractivity (Wildman–Crippen MR) is 74.9 cm³/mol. The fourth-order valence-corrected chi connectivity index (χ4v) is 1.47. The van der Waals surface area contributed by atoms with Crippen molar-refractivity contribution in [2.24, 2.45) is 0 Å². The number of methoxy groups -OCH3 is 1. The summed E-state index contributed by atoms with van der Waals surface area (Å²) < 4.78 is 5.47. The van der Waals surface area contributed by atoms with Crippen molar-refractivity contribution >= 4 is 5.82 Å². The largest absolute Gasteiger partial charge is 0.371 e. The van der Waals surface area contributed by atoms with Crippen molar-refractivity contribution in [1.29, 1.82) is 0 Å². The van der Waals surface area contributed by atoms with Crippen molar-refractivity contribution in [3.8, 4) is 0 Å². The lowest BCUT2D eigenvalue weighted by molar-refractivity contribution is 0.0113. The van der Waals surface area contributed by atoms with Crippen LogP contribution >= 0.6 is 0 Å². The van der Waals surface area contributed by atoms with Gasteiger partial charge in [0.15, 0.2) is 5.82 Å². The number of rotatable bonds is 6. The Morgan fingerprint density at radius 1 is 1.33 bits per heavy atom. The molecule has 0 saturated carbocycles. The van der Waals surface area contributed by atoms with E-state index in [4.69, 9.17) is 4.74 Å². The summed E-state index contributed by atoms with van der Waals surface area (Å²) in [5, 5.41) is 3.32. The molecule has 0 fully saturated rings. The van der Waals surface area contributed by atoms with Gasteiger partial charge in [-0.15, -0.1) is 0 Å². The lowest BCUT2D eigenvalue weighted by Crippen LogP contribution is -2.24. The molecule has 1 aromatic rings. The SMILES string of the molecule is CCCNc1cc(C(C)C)nc(C(C)(C)OC)n1. The van der Waals surface area contributed by atoms with E-state index >= 15 is 0 Å². The number of hydrogen-bond donors (Lipinski definition) is 1. The van der Waals surface area contributed by atoms with Gasteiger partial charge in [0, 0.05) is 25.4 Å². The molecule has 4 nitrogen and oxygen atoms in total. The molecule has 1 heterocycles. The zero-order chi connectivity index (χ0) is 13.8. The number of nitrogens with one attached hydrogen (secondary N) is 1. The van der Waals surface area contributed by atoms with E-state index in [1.807, 2.05) is 19.9 Å². The van der Waals surface area contributed by atoms with E-state index in [1.54, 1.807) is 7.11 Å². The van der Waals surface area contributed by atoms with Crippen LogP contribution in [0.2, 0.25) is 0 Å². The van der Waals surface area contributed by atoms with Gasteiger partial charge in [-0.2, -0.15) is 0 Å². The molecule has 1 rings (SSSR count). The van der Waals surface area contributed by atoms with Crippen LogP contribution in [0.5, 0.6) is 0 Å². The molecule has 0 spiro atoms. The summed E-state index contributed by atoms with van der Waals surface area (Å²) in [6.45, 7) is 11.3. The standard InChI is InChI=1S/C14H25N3O/c1-7-8-15-12-9-11(10(2)3)16-13(17-12)14(4,5)18-6/h9-10H,7-8H2,1-6H3,(H,15,16,17). The Morgan fingerprint density at radius 3 is 2.50 bits per heavy atom. The quantitative estimate of drug-likeness (QED) is 0.842. The molecule has 0 aliphatic rings. The predicted octanol–water partition coefficient (Wildman–Crippen LogP) is 3.30. The topological polar surface area (TPSA) is 47.0 Å². The zero-order valence-corrected chi connectivity index (χ0v) is 12.4. The third kappa shape index (κ3) is 3.67. The molecular weight excluding hydrogens is 226 g/mol. The van der Waals surface area contributed by atoms with Gasteiger partial charge in [0.25, 0.3) is 0 Å². The third-order valence-electron chi connectivity index (χ3n) is 2.94. The number of anilines is 1. The smallest absolute Gasteiger partial charge is 0.162 e. The van der Waals surface area contributed by atoms with Crippen LogP contribution in [0.25, 0.3) is 0 Å². The van der Waals surface area contributed by atoms with E-state index in [-0.39, 0.29) is 0 Å². The van der Waals surface area contributed by atoms with E-state index in [0.29, 0.717) is 5.92 Å². The molecular formula is C14H25N3O. The molecule has 0 radical (unpaired) electrons. The number of hydrogen-bond acceptors (Lipinski definition) is 4. The van der Waals surface area contributed by atoms with Gasteiger partial charge in [0.2, 0.25) is 0 Å². The number of nitrogens with zero attached hydrogens (tertiary/aromatic N) is 2. The van der Waals surface area contributed by atoms with E-state index < -0.39 is 5.60 Å². The van der Waals surface area contributed by atoms with Crippen molar-refractivity contribution in [2.75, 3.05) is 19.0 Å². The summed E-state index contributed by atoms with van der Waals surface area (Å²) in [5.74, 6) is 1.99. The lowest BCUT2D eigenvalue weighted by atomic mass is 10.1. The molecule has 0 saturated heterocycles. The third-order valence-corrected chi connectivity index (χ3v) is 2.94. The second kappa shape index (κ2) is 6.14. The van der Waals surface area contributed by atoms with Gasteiger partial charge in [0.05, 0.1) is 0 Å². The highest BCUT2D eigenvalue weighted by Gasteiger charge is 2.24. The molecule has 0 aliphatic heterocycles. The van der Waals surface area contributed by atoms with Gasteiger partial charge in [-0.1, -0.05) is 20.8 Å². The van der Waals surface area contributed by atoms with Crippen molar-refractivity contribution < 1.29 is 4.74 Å². The molecule has 0 aliphatic carbocycles. The van der Waals surface area contributed by atoms with Crippen molar-refractivity contribution in [3.05, 3.63) is 17.6 Å². The molecule has 0 amide bonds. The first kappa shape index (κ1) is 14.9. The lowest BCUT2D eigenvalue weighted by Gasteiger charge is -2.23. The maximum atomic E-state index is 5.47. The van der Waals surface area contributed by atoms with Crippen LogP contribution in [0.4, 0.5) is 5.82 Å². The average molecular weight is 251 g/mol. The average Bonchev–Trinajstić information content (AvgIpc) is 2.35. The van der Waals surface area contributed by atoms with E-state index in [0.717, 1.165) is 30.3 Å².